The van der Waals surface area contributed by atoms with Crippen LogP contribution in [-0.2, 0) is 4.74 Å². The number of hydrogen-bond donors (Lipinski definition) is 0. The highest BCUT2D eigenvalue weighted by Gasteiger charge is 2.45. The molecule has 1 heterocycles. The lowest BCUT2D eigenvalue weighted by atomic mass is 9.99. The maximum Gasteiger partial charge on any atom is 0.411 e. The number of nitrogens with zero attached hydrogens (tertiary/aromatic N) is 1. The second-order valence-corrected chi connectivity index (χ2v) is 2.79. The molecular formula is C7H10F3NO. The third kappa shape index (κ3) is 1.97. The quantitative estimate of drug-likeness (QED) is 0.593. The zero-order valence-electron chi connectivity index (χ0n) is 6.47. The molecule has 0 bridgehead atoms. The molecule has 2 atom stereocenters. The first-order valence-electron chi connectivity index (χ1n) is 3.66. The van der Waals surface area contributed by atoms with Crippen LogP contribution in [0.3, 0.4) is 0 Å². The molecular weight excluding hydrogens is 171 g/mol. The van der Waals surface area contributed by atoms with Gasteiger partial charge in [-0.25, -0.2) is 0 Å². The lowest BCUT2D eigenvalue weighted by molar-refractivity contribution is -0.157. The Morgan fingerprint density at radius 2 is 2.17 bits per heavy atom. The monoisotopic (exact) mass is 181 g/mol. The van der Waals surface area contributed by atoms with Gasteiger partial charge in [0, 0.05) is 12.5 Å². The van der Waals surface area contributed by atoms with Crippen molar-refractivity contribution < 1.29 is 17.9 Å². The molecule has 0 saturated carbocycles. The average Bonchev–Trinajstić information content (AvgIpc) is 2.38. The van der Waals surface area contributed by atoms with E-state index in [-0.39, 0.29) is 6.61 Å². The minimum absolute atomic E-state index is 0.142. The summed E-state index contributed by atoms with van der Waals surface area (Å²) in [6.07, 6.45) is -3.86. The van der Waals surface area contributed by atoms with Crippen LogP contribution < -0.4 is 0 Å². The molecule has 1 saturated heterocycles. The topological polar surface area (TPSA) is 21.6 Å². The summed E-state index contributed by atoms with van der Waals surface area (Å²) in [7, 11) is 0. The van der Waals surface area contributed by atoms with Gasteiger partial charge < -0.3 is 4.74 Å². The Labute approximate surface area is 68.4 Å². The molecule has 0 N–H and O–H groups in total. The van der Waals surface area contributed by atoms with Gasteiger partial charge in [0.2, 0.25) is 0 Å². The smallest absolute Gasteiger partial charge is 0.381 e. The molecule has 70 valence electrons. The van der Waals surface area contributed by atoms with Gasteiger partial charge in [-0.2, -0.15) is 13.2 Å². The van der Waals surface area contributed by atoms with Crippen LogP contribution in [0.5, 0.6) is 0 Å². The van der Waals surface area contributed by atoms with E-state index in [0.717, 1.165) is 0 Å². The molecule has 5 heteroatoms. The average molecular weight is 181 g/mol. The van der Waals surface area contributed by atoms with E-state index in [1.54, 1.807) is 0 Å². The molecule has 0 amide bonds. The summed E-state index contributed by atoms with van der Waals surface area (Å²) in [6.45, 7) is 3.48. The van der Waals surface area contributed by atoms with E-state index in [2.05, 4.69) is 11.7 Å². The van der Waals surface area contributed by atoms with Crippen molar-refractivity contribution in [3.05, 3.63) is 0 Å². The molecule has 1 aliphatic heterocycles. The van der Waals surface area contributed by atoms with Crippen LogP contribution in [0.25, 0.3) is 0 Å². The van der Waals surface area contributed by atoms with Crippen LogP contribution in [0.2, 0.25) is 0 Å². The second-order valence-electron chi connectivity index (χ2n) is 2.79. The van der Waals surface area contributed by atoms with Crippen LogP contribution in [0.15, 0.2) is 4.99 Å². The van der Waals surface area contributed by atoms with Crippen LogP contribution in [-0.4, -0.2) is 32.1 Å². The van der Waals surface area contributed by atoms with Gasteiger partial charge in [0.05, 0.1) is 6.61 Å². The minimum Gasteiger partial charge on any atom is -0.381 e. The molecule has 0 radical (unpaired) electrons. The third-order valence-corrected chi connectivity index (χ3v) is 1.94. The predicted molar refractivity (Wildman–Crippen MR) is 38.3 cm³/mol. The van der Waals surface area contributed by atoms with Crippen molar-refractivity contribution in [2.75, 3.05) is 13.2 Å². The molecule has 1 aliphatic rings. The fourth-order valence-electron chi connectivity index (χ4n) is 1.32. The van der Waals surface area contributed by atoms with Gasteiger partial charge in [-0.05, 0) is 13.1 Å². The highest BCUT2D eigenvalue weighted by atomic mass is 19.4. The Balaban J connectivity index is 2.60. The summed E-state index contributed by atoms with van der Waals surface area (Å²) in [5, 5.41) is 0. The Bertz CT molecular complexity index is 163. The maximum atomic E-state index is 12.2. The molecule has 1 fully saturated rings. The molecule has 2 nitrogen and oxygen atoms in total. The van der Waals surface area contributed by atoms with Gasteiger partial charge in [-0.15, -0.1) is 0 Å². The summed E-state index contributed by atoms with van der Waals surface area (Å²) >= 11 is 0. The van der Waals surface area contributed by atoms with Crippen molar-refractivity contribution in [2.24, 2.45) is 10.9 Å². The zero-order valence-corrected chi connectivity index (χ0v) is 6.47. The van der Waals surface area contributed by atoms with E-state index in [4.69, 9.17) is 4.74 Å². The number of aliphatic imine (C=N–C) groups is 1. The largest absolute Gasteiger partial charge is 0.411 e. The first-order chi connectivity index (χ1) is 5.55. The fraction of sp³-hybridized carbons (Fsp3) is 0.857. The number of ether oxygens (including phenoxy) is 1. The molecule has 2 unspecified atom stereocenters. The van der Waals surface area contributed by atoms with E-state index >= 15 is 0 Å². The van der Waals surface area contributed by atoms with E-state index in [9.17, 15) is 13.2 Å². The first kappa shape index (κ1) is 9.51. The third-order valence-electron chi connectivity index (χ3n) is 1.94. The Hall–Kier alpha value is -0.580. The van der Waals surface area contributed by atoms with Crippen molar-refractivity contribution in [1.82, 2.24) is 0 Å². The van der Waals surface area contributed by atoms with Gasteiger partial charge in [0.25, 0.3) is 0 Å². The maximum absolute atomic E-state index is 12.2. The van der Waals surface area contributed by atoms with E-state index in [1.807, 2.05) is 0 Å². The van der Waals surface area contributed by atoms with Gasteiger partial charge >= 0.3 is 6.18 Å². The van der Waals surface area contributed by atoms with Crippen molar-refractivity contribution in [3.8, 4) is 0 Å². The number of hydrogen-bond acceptors (Lipinski definition) is 2. The highest BCUT2D eigenvalue weighted by Crippen LogP contribution is 2.32. The van der Waals surface area contributed by atoms with Crippen LogP contribution in [0.1, 0.15) is 6.42 Å². The number of rotatable bonds is 2. The molecule has 12 heavy (non-hydrogen) atoms. The van der Waals surface area contributed by atoms with Crippen LogP contribution in [0.4, 0.5) is 13.2 Å². The zero-order chi connectivity index (χ0) is 9.19. The predicted octanol–water partition coefficient (Wildman–Crippen LogP) is 1.65. The molecule has 0 aromatic rings. The fourth-order valence-corrected chi connectivity index (χ4v) is 1.32. The van der Waals surface area contributed by atoms with Gasteiger partial charge in [0.1, 0.15) is 6.04 Å². The summed E-state index contributed by atoms with van der Waals surface area (Å²) in [4.78, 5) is 3.09. The second kappa shape index (κ2) is 3.43. The van der Waals surface area contributed by atoms with Crippen molar-refractivity contribution in [1.29, 1.82) is 0 Å². The number of halogens is 3. The SMILES string of the molecule is C=NC(C1CCOC1)C(F)(F)F. The number of alkyl halides is 3. The van der Waals surface area contributed by atoms with Gasteiger partial charge in [-0.1, -0.05) is 0 Å². The lowest BCUT2D eigenvalue weighted by Crippen LogP contribution is -2.34. The lowest BCUT2D eigenvalue weighted by Gasteiger charge is -2.20. The van der Waals surface area contributed by atoms with Gasteiger partial charge in [0.15, 0.2) is 0 Å². The molecule has 0 aliphatic carbocycles. The highest BCUT2D eigenvalue weighted by molar-refractivity contribution is 5.25. The summed E-state index contributed by atoms with van der Waals surface area (Å²) < 4.78 is 41.4. The first-order valence-corrected chi connectivity index (χ1v) is 3.66. The van der Waals surface area contributed by atoms with Gasteiger partial charge in [-0.3, -0.25) is 4.99 Å². The Kier molecular flexibility index (Phi) is 2.72. The van der Waals surface area contributed by atoms with E-state index < -0.39 is 18.1 Å². The molecule has 0 aromatic heterocycles. The summed E-state index contributed by atoms with van der Waals surface area (Å²) in [5.41, 5.74) is 0. The van der Waals surface area contributed by atoms with Crippen LogP contribution in [0, 0.1) is 5.92 Å². The Morgan fingerprint density at radius 3 is 2.50 bits per heavy atom. The molecule has 1 rings (SSSR count). The van der Waals surface area contributed by atoms with Crippen molar-refractivity contribution >= 4 is 6.72 Å². The molecule has 0 spiro atoms. The summed E-state index contributed by atoms with van der Waals surface area (Å²) in [5.74, 6) is -0.539. The summed E-state index contributed by atoms with van der Waals surface area (Å²) in [6, 6.07) is -1.65. The Morgan fingerprint density at radius 1 is 1.50 bits per heavy atom. The standard InChI is InChI=1S/C7H10F3NO/c1-11-6(7(8,9)10)5-2-3-12-4-5/h5-6H,1-4H2. The minimum atomic E-state index is -4.28. The molecule has 0 aromatic carbocycles. The van der Waals surface area contributed by atoms with Crippen molar-refractivity contribution in [3.63, 3.8) is 0 Å². The van der Waals surface area contributed by atoms with Crippen molar-refractivity contribution in [2.45, 2.75) is 18.6 Å². The normalized spacial score (nSPS) is 27.1. The van der Waals surface area contributed by atoms with Crippen LogP contribution >= 0.6 is 0 Å². The van der Waals surface area contributed by atoms with E-state index in [0.29, 0.717) is 13.0 Å². The van der Waals surface area contributed by atoms with E-state index in [1.165, 1.54) is 0 Å².